The number of halogens is 1. The molecule has 6 heteroatoms. The van der Waals surface area contributed by atoms with Crippen LogP contribution in [0, 0.1) is 0 Å². The number of carbonyl (C=O) groups excluding carboxylic acids is 1. The standard InChI is InChI=1S/C12H14ClNO3S/c13-11-3-1-10(2-4-11)9-12(15)14-5-7-18(16,17)8-6-14/h1-4H,5-9H2. The lowest BCUT2D eigenvalue weighted by Crippen LogP contribution is -2.44. The number of amides is 1. The van der Waals surface area contributed by atoms with E-state index in [1.807, 2.05) is 0 Å². The normalized spacial score (nSPS) is 18.6. The van der Waals surface area contributed by atoms with Gasteiger partial charge in [0.2, 0.25) is 5.91 Å². The fraction of sp³-hybridized carbons (Fsp3) is 0.417. The Balaban J connectivity index is 1.95. The second-order valence-electron chi connectivity index (χ2n) is 4.34. The van der Waals surface area contributed by atoms with Gasteiger partial charge in [0.1, 0.15) is 0 Å². The predicted molar refractivity (Wildman–Crippen MR) is 70.4 cm³/mol. The van der Waals surface area contributed by atoms with Gasteiger partial charge in [-0.3, -0.25) is 4.79 Å². The molecule has 2 rings (SSSR count). The SMILES string of the molecule is O=C(Cc1ccc(Cl)cc1)N1CCS(=O)(=O)CC1. The zero-order valence-electron chi connectivity index (χ0n) is 9.80. The first kappa shape index (κ1) is 13.4. The minimum Gasteiger partial charge on any atom is -0.340 e. The van der Waals surface area contributed by atoms with Gasteiger partial charge in [-0.25, -0.2) is 8.42 Å². The molecule has 0 unspecified atom stereocenters. The Bertz CT molecular complexity index is 525. The lowest BCUT2D eigenvalue weighted by Gasteiger charge is -2.26. The van der Waals surface area contributed by atoms with Crippen molar-refractivity contribution >= 4 is 27.3 Å². The fourth-order valence-corrected chi connectivity index (χ4v) is 3.18. The summed E-state index contributed by atoms with van der Waals surface area (Å²) in [4.78, 5) is 13.6. The third-order valence-electron chi connectivity index (χ3n) is 2.97. The fourth-order valence-electron chi connectivity index (χ4n) is 1.85. The molecule has 1 aromatic carbocycles. The van der Waals surface area contributed by atoms with E-state index in [1.54, 1.807) is 29.2 Å². The highest BCUT2D eigenvalue weighted by Crippen LogP contribution is 2.12. The Hall–Kier alpha value is -1.07. The molecular formula is C12H14ClNO3S. The van der Waals surface area contributed by atoms with Crippen LogP contribution in [-0.2, 0) is 21.1 Å². The van der Waals surface area contributed by atoms with Crippen LogP contribution in [-0.4, -0.2) is 43.8 Å². The van der Waals surface area contributed by atoms with Crippen LogP contribution in [0.5, 0.6) is 0 Å². The van der Waals surface area contributed by atoms with Crippen LogP contribution in [0.4, 0.5) is 0 Å². The summed E-state index contributed by atoms with van der Waals surface area (Å²) in [5.74, 6) is 0.103. The van der Waals surface area contributed by atoms with Crippen LogP contribution in [0.3, 0.4) is 0 Å². The molecule has 1 amide bonds. The molecule has 4 nitrogen and oxygen atoms in total. The maximum Gasteiger partial charge on any atom is 0.227 e. The van der Waals surface area contributed by atoms with Gasteiger partial charge < -0.3 is 4.90 Å². The van der Waals surface area contributed by atoms with E-state index in [0.717, 1.165) is 5.56 Å². The molecule has 0 N–H and O–H groups in total. The van der Waals surface area contributed by atoms with Gasteiger partial charge in [0.05, 0.1) is 17.9 Å². The van der Waals surface area contributed by atoms with E-state index < -0.39 is 9.84 Å². The zero-order chi connectivity index (χ0) is 13.2. The van der Waals surface area contributed by atoms with Crippen LogP contribution >= 0.6 is 11.6 Å². The molecule has 1 saturated heterocycles. The van der Waals surface area contributed by atoms with E-state index in [4.69, 9.17) is 11.6 Å². The molecule has 18 heavy (non-hydrogen) atoms. The molecule has 0 saturated carbocycles. The monoisotopic (exact) mass is 287 g/mol. The molecule has 1 aliphatic heterocycles. The molecule has 0 radical (unpaired) electrons. The minimum absolute atomic E-state index is 0.0350. The van der Waals surface area contributed by atoms with Crippen molar-refractivity contribution in [2.45, 2.75) is 6.42 Å². The second-order valence-corrected chi connectivity index (χ2v) is 7.08. The molecule has 0 aromatic heterocycles. The van der Waals surface area contributed by atoms with E-state index in [2.05, 4.69) is 0 Å². The highest BCUT2D eigenvalue weighted by atomic mass is 35.5. The van der Waals surface area contributed by atoms with Gasteiger partial charge >= 0.3 is 0 Å². The van der Waals surface area contributed by atoms with E-state index in [9.17, 15) is 13.2 Å². The molecule has 1 aromatic rings. The minimum atomic E-state index is -2.94. The molecule has 0 spiro atoms. The van der Waals surface area contributed by atoms with Gasteiger partial charge in [-0.15, -0.1) is 0 Å². The number of carbonyl (C=O) groups is 1. The van der Waals surface area contributed by atoms with Crippen molar-refractivity contribution in [3.05, 3.63) is 34.9 Å². The predicted octanol–water partition coefficient (Wildman–Crippen LogP) is 1.14. The lowest BCUT2D eigenvalue weighted by molar-refractivity contribution is -0.130. The van der Waals surface area contributed by atoms with Crippen molar-refractivity contribution in [2.24, 2.45) is 0 Å². The van der Waals surface area contributed by atoms with E-state index in [-0.39, 0.29) is 23.8 Å². The zero-order valence-corrected chi connectivity index (χ0v) is 11.4. The summed E-state index contributed by atoms with van der Waals surface area (Å²) < 4.78 is 22.5. The topological polar surface area (TPSA) is 54.5 Å². The van der Waals surface area contributed by atoms with Gasteiger partial charge in [-0.05, 0) is 17.7 Å². The third kappa shape index (κ3) is 3.46. The van der Waals surface area contributed by atoms with Gasteiger partial charge in [0.15, 0.2) is 9.84 Å². The Morgan fingerprint density at radius 2 is 1.72 bits per heavy atom. The lowest BCUT2D eigenvalue weighted by atomic mass is 10.1. The summed E-state index contributed by atoms with van der Waals surface area (Å²) >= 11 is 5.77. The third-order valence-corrected chi connectivity index (χ3v) is 4.83. The van der Waals surface area contributed by atoms with Crippen molar-refractivity contribution in [1.29, 1.82) is 0 Å². The van der Waals surface area contributed by atoms with E-state index >= 15 is 0 Å². The second kappa shape index (κ2) is 5.28. The summed E-state index contributed by atoms with van der Waals surface area (Å²) in [5.41, 5.74) is 0.887. The molecule has 1 fully saturated rings. The first-order valence-electron chi connectivity index (χ1n) is 5.69. The summed E-state index contributed by atoms with van der Waals surface area (Å²) in [6, 6.07) is 7.09. The number of benzene rings is 1. The number of rotatable bonds is 2. The van der Waals surface area contributed by atoms with Crippen molar-refractivity contribution in [1.82, 2.24) is 4.90 Å². The highest BCUT2D eigenvalue weighted by Gasteiger charge is 2.24. The van der Waals surface area contributed by atoms with Crippen molar-refractivity contribution in [2.75, 3.05) is 24.6 Å². The molecule has 1 heterocycles. The summed E-state index contributed by atoms with van der Waals surface area (Å²) in [5, 5.41) is 0.635. The number of hydrogen-bond acceptors (Lipinski definition) is 3. The van der Waals surface area contributed by atoms with Crippen LogP contribution in [0.1, 0.15) is 5.56 Å². The van der Waals surface area contributed by atoms with Crippen molar-refractivity contribution < 1.29 is 13.2 Å². The maximum atomic E-state index is 12.0. The van der Waals surface area contributed by atoms with Crippen LogP contribution in [0.2, 0.25) is 5.02 Å². The van der Waals surface area contributed by atoms with Crippen molar-refractivity contribution in [3.8, 4) is 0 Å². The van der Waals surface area contributed by atoms with Gasteiger partial charge in [-0.2, -0.15) is 0 Å². The average Bonchev–Trinajstić information content (AvgIpc) is 2.32. The number of nitrogens with zero attached hydrogens (tertiary/aromatic N) is 1. The first-order valence-corrected chi connectivity index (χ1v) is 7.89. The number of hydrogen-bond donors (Lipinski definition) is 0. The Labute approximate surface area is 111 Å². The molecule has 0 atom stereocenters. The molecule has 98 valence electrons. The summed E-state index contributed by atoms with van der Waals surface area (Å²) in [6.07, 6.45) is 0.289. The highest BCUT2D eigenvalue weighted by molar-refractivity contribution is 7.91. The Morgan fingerprint density at radius 1 is 1.17 bits per heavy atom. The van der Waals surface area contributed by atoms with E-state index in [1.165, 1.54) is 0 Å². The molecule has 1 aliphatic rings. The van der Waals surface area contributed by atoms with Crippen LogP contribution < -0.4 is 0 Å². The van der Waals surface area contributed by atoms with Crippen molar-refractivity contribution in [3.63, 3.8) is 0 Å². The van der Waals surface area contributed by atoms with Gasteiger partial charge in [0, 0.05) is 18.1 Å². The average molecular weight is 288 g/mol. The molecule has 0 bridgehead atoms. The quantitative estimate of drug-likeness (QED) is 0.820. The van der Waals surface area contributed by atoms with Crippen LogP contribution in [0.15, 0.2) is 24.3 Å². The molecular weight excluding hydrogens is 274 g/mol. The summed E-state index contributed by atoms with van der Waals surface area (Å²) in [6.45, 7) is 0.601. The molecule has 0 aliphatic carbocycles. The smallest absolute Gasteiger partial charge is 0.227 e. The van der Waals surface area contributed by atoms with Crippen LogP contribution in [0.25, 0.3) is 0 Å². The Morgan fingerprint density at radius 3 is 2.28 bits per heavy atom. The van der Waals surface area contributed by atoms with Gasteiger partial charge in [0.25, 0.3) is 0 Å². The Kier molecular flexibility index (Phi) is 3.92. The largest absolute Gasteiger partial charge is 0.340 e. The summed E-state index contributed by atoms with van der Waals surface area (Å²) in [7, 11) is -2.94. The first-order chi connectivity index (χ1) is 8.46. The maximum absolute atomic E-state index is 12.0. The van der Waals surface area contributed by atoms with Gasteiger partial charge in [-0.1, -0.05) is 23.7 Å². The van der Waals surface area contributed by atoms with E-state index in [0.29, 0.717) is 18.1 Å². The number of sulfone groups is 1.